The van der Waals surface area contributed by atoms with Crippen LogP contribution in [0.1, 0.15) is 67.8 Å². The van der Waals surface area contributed by atoms with E-state index >= 15 is 0 Å². The van der Waals surface area contributed by atoms with Crippen LogP contribution in [0.25, 0.3) is 6.08 Å². The molecule has 2 aromatic carbocycles. The van der Waals surface area contributed by atoms with Crippen molar-refractivity contribution in [2.24, 2.45) is 0 Å². The molecular weight excluding hydrogens is 526 g/mol. The molecule has 0 aromatic heterocycles. The predicted molar refractivity (Wildman–Crippen MR) is 154 cm³/mol. The molecule has 0 fully saturated rings. The van der Waals surface area contributed by atoms with Crippen molar-refractivity contribution in [2.45, 2.75) is 51.9 Å². The van der Waals surface area contributed by atoms with Crippen molar-refractivity contribution in [2.75, 3.05) is 26.9 Å². The van der Waals surface area contributed by atoms with Crippen molar-refractivity contribution in [1.29, 1.82) is 5.26 Å². The first-order valence-electron chi connectivity index (χ1n) is 13.5. The maximum absolute atomic E-state index is 12.7. The summed E-state index contributed by atoms with van der Waals surface area (Å²) >= 11 is 0. The van der Waals surface area contributed by atoms with Crippen molar-refractivity contribution in [3.8, 4) is 23.3 Å². The second kappa shape index (κ2) is 18.7. The molecular formula is C32H37NO8. The molecule has 0 amide bonds. The number of carbonyl (C=O) groups is 3. The van der Waals surface area contributed by atoms with Crippen LogP contribution in [0.5, 0.6) is 17.2 Å². The zero-order valence-corrected chi connectivity index (χ0v) is 23.7. The van der Waals surface area contributed by atoms with E-state index < -0.39 is 11.9 Å². The van der Waals surface area contributed by atoms with Crippen LogP contribution in [0.4, 0.5) is 0 Å². The van der Waals surface area contributed by atoms with Crippen molar-refractivity contribution in [1.82, 2.24) is 0 Å². The van der Waals surface area contributed by atoms with Gasteiger partial charge in [-0.25, -0.2) is 14.4 Å². The molecule has 9 heteroatoms. The highest BCUT2D eigenvalue weighted by molar-refractivity contribution is 5.91. The Balaban J connectivity index is 1.72. The Morgan fingerprint density at radius 1 is 0.878 bits per heavy atom. The largest absolute Gasteiger partial charge is 0.494 e. The maximum atomic E-state index is 12.7. The van der Waals surface area contributed by atoms with Crippen molar-refractivity contribution in [3.63, 3.8) is 0 Å². The first-order valence-corrected chi connectivity index (χ1v) is 13.5. The minimum atomic E-state index is -0.561. The molecule has 2 aromatic rings. The normalized spacial score (nSPS) is 10.5. The van der Waals surface area contributed by atoms with Gasteiger partial charge in [-0.2, -0.15) is 5.26 Å². The number of ether oxygens (including phenoxy) is 5. The highest BCUT2D eigenvalue weighted by atomic mass is 16.6. The van der Waals surface area contributed by atoms with Gasteiger partial charge in [0.1, 0.15) is 12.4 Å². The summed E-state index contributed by atoms with van der Waals surface area (Å²) in [5.74, 6) is -0.216. The molecule has 0 aliphatic carbocycles. The van der Waals surface area contributed by atoms with Gasteiger partial charge in [0.15, 0.2) is 11.5 Å². The summed E-state index contributed by atoms with van der Waals surface area (Å²) in [6, 6.07) is 13.5. The van der Waals surface area contributed by atoms with Gasteiger partial charge in [-0.05, 0) is 67.8 Å². The Hall–Kier alpha value is -4.58. The fourth-order valence-electron chi connectivity index (χ4n) is 3.52. The van der Waals surface area contributed by atoms with Gasteiger partial charge in [0.05, 0.1) is 38.4 Å². The number of carbonyl (C=O) groups excluding carboxylic acids is 3. The number of esters is 3. The van der Waals surface area contributed by atoms with E-state index in [0.717, 1.165) is 38.5 Å². The van der Waals surface area contributed by atoms with Crippen LogP contribution in [-0.4, -0.2) is 44.8 Å². The van der Waals surface area contributed by atoms with Gasteiger partial charge in [0.25, 0.3) is 0 Å². The number of unbranched alkanes of at least 4 members (excludes halogenated alkanes) is 5. The van der Waals surface area contributed by atoms with Crippen molar-refractivity contribution in [3.05, 3.63) is 71.8 Å². The van der Waals surface area contributed by atoms with E-state index in [9.17, 15) is 14.4 Å². The van der Waals surface area contributed by atoms with Gasteiger partial charge in [-0.15, -0.1) is 0 Å². The molecule has 9 nitrogen and oxygen atoms in total. The summed E-state index contributed by atoms with van der Waals surface area (Å²) in [7, 11) is 1.45. The number of nitriles is 1. The molecule has 0 spiro atoms. The second-order valence-electron chi connectivity index (χ2n) is 9.12. The summed E-state index contributed by atoms with van der Waals surface area (Å²) < 4.78 is 26.6. The van der Waals surface area contributed by atoms with Crippen LogP contribution in [0.3, 0.4) is 0 Å². The Labute approximate surface area is 241 Å². The quantitative estimate of drug-likeness (QED) is 0.0900. The van der Waals surface area contributed by atoms with E-state index in [0.29, 0.717) is 41.4 Å². The molecule has 41 heavy (non-hydrogen) atoms. The van der Waals surface area contributed by atoms with Crippen molar-refractivity contribution < 1.29 is 38.1 Å². The third-order valence-electron chi connectivity index (χ3n) is 5.74. The van der Waals surface area contributed by atoms with Crippen LogP contribution in [-0.2, 0) is 19.1 Å². The molecule has 0 radical (unpaired) electrons. The molecule has 0 N–H and O–H groups in total. The Morgan fingerprint density at radius 2 is 1.56 bits per heavy atom. The summed E-state index contributed by atoms with van der Waals surface area (Å²) in [6.45, 7) is 6.24. The van der Waals surface area contributed by atoms with Crippen molar-refractivity contribution >= 4 is 24.0 Å². The monoisotopic (exact) mass is 563 g/mol. The van der Waals surface area contributed by atoms with Gasteiger partial charge >= 0.3 is 17.9 Å². The van der Waals surface area contributed by atoms with Gasteiger partial charge in [-0.1, -0.05) is 38.3 Å². The van der Waals surface area contributed by atoms with E-state index in [1.165, 1.54) is 19.3 Å². The molecule has 0 bridgehead atoms. The zero-order chi connectivity index (χ0) is 29.9. The predicted octanol–water partition coefficient (Wildman–Crippen LogP) is 6.22. The topological polar surface area (TPSA) is 121 Å². The van der Waals surface area contributed by atoms with E-state index in [4.69, 9.17) is 28.9 Å². The zero-order valence-electron chi connectivity index (χ0n) is 23.7. The molecule has 0 unspecified atom stereocenters. The molecule has 0 aliphatic heterocycles. The van der Waals surface area contributed by atoms with Gasteiger partial charge in [0.2, 0.25) is 0 Å². The highest BCUT2D eigenvalue weighted by Crippen LogP contribution is 2.29. The number of benzene rings is 2. The number of rotatable bonds is 18. The fourth-order valence-corrected chi connectivity index (χ4v) is 3.52. The number of hydrogen-bond donors (Lipinski definition) is 0. The van der Waals surface area contributed by atoms with E-state index in [1.807, 2.05) is 6.07 Å². The van der Waals surface area contributed by atoms with Gasteiger partial charge in [0, 0.05) is 11.6 Å². The third-order valence-corrected chi connectivity index (χ3v) is 5.74. The highest BCUT2D eigenvalue weighted by Gasteiger charge is 2.13. The van der Waals surface area contributed by atoms with E-state index in [1.54, 1.807) is 49.4 Å². The first-order chi connectivity index (χ1) is 19.8. The lowest BCUT2D eigenvalue weighted by Crippen LogP contribution is -2.09. The summed E-state index contributed by atoms with van der Waals surface area (Å²) in [5, 5.41) is 8.49. The van der Waals surface area contributed by atoms with Crippen LogP contribution >= 0.6 is 0 Å². The van der Waals surface area contributed by atoms with E-state index in [2.05, 4.69) is 6.58 Å². The van der Waals surface area contributed by atoms with Gasteiger partial charge < -0.3 is 23.7 Å². The maximum Gasteiger partial charge on any atom is 0.343 e. The first kappa shape index (κ1) is 32.6. The number of hydrogen-bond acceptors (Lipinski definition) is 9. The van der Waals surface area contributed by atoms with Crippen LogP contribution in [0.15, 0.2) is 60.7 Å². The van der Waals surface area contributed by atoms with Crippen LogP contribution in [0, 0.1) is 11.3 Å². The molecule has 0 aliphatic rings. The standard InChI is InChI=1S/C32H37NO8/c1-24(2)31(35)40-21-9-7-5-4-6-8-20-38-27-15-13-26(14-16-27)32(36)41-28-17-11-25(23-29(28)37-3)12-18-30(34)39-22-10-19-33/h11-18,23H,1,4-10,20-22H2,2-3H3/b18-12+. The Kier molecular flexibility index (Phi) is 14.9. The van der Waals surface area contributed by atoms with Crippen LogP contribution in [0.2, 0.25) is 0 Å². The molecule has 0 heterocycles. The van der Waals surface area contributed by atoms with E-state index in [-0.39, 0.29) is 24.7 Å². The minimum Gasteiger partial charge on any atom is -0.494 e. The average molecular weight is 564 g/mol. The SMILES string of the molecule is C=C(C)C(=O)OCCCCCCCCOc1ccc(C(=O)Oc2ccc(/C=C/C(=O)OCCC#N)cc2OC)cc1. The lowest BCUT2D eigenvalue weighted by Gasteiger charge is -2.11. The lowest BCUT2D eigenvalue weighted by atomic mass is 10.1. The fraction of sp³-hybridized carbons (Fsp3) is 0.375. The lowest BCUT2D eigenvalue weighted by molar-refractivity contribution is -0.139. The molecule has 2 rings (SSSR count). The minimum absolute atomic E-state index is 0.0328. The Morgan fingerprint density at radius 3 is 2.22 bits per heavy atom. The number of methoxy groups -OCH3 is 1. The molecule has 0 saturated carbocycles. The Bertz CT molecular complexity index is 1230. The molecule has 0 saturated heterocycles. The average Bonchev–Trinajstić information content (AvgIpc) is 2.97. The summed E-state index contributed by atoms with van der Waals surface area (Å²) in [6.07, 6.45) is 8.89. The van der Waals surface area contributed by atoms with Crippen LogP contribution < -0.4 is 14.2 Å². The summed E-state index contributed by atoms with van der Waals surface area (Å²) in [5.41, 5.74) is 1.42. The molecule has 218 valence electrons. The van der Waals surface area contributed by atoms with Gasteiger partial charge in [-0.3, -0.25) is 0 Å². The third kappa shape index (κ3) is 12.9. The summed E-state index contributed by atoms with van der Waals surface area (Å²) in [4.78, 5) is 35.6. The molecule has 0 atom stereocenters. The number of nitrogens with zero attached hydrogens (tertiary/aromatic N) is 1. The smallest absolute Gasteiger partial charge is 0.343 e. The second-order valence-corrected chi connectivity index (χ2v) is 9.12.